The van der Waals surface area contributed by atoms with Crippen molar-refractivity contribution >= 4 is 22.7 Å². The smallest absolute Gasteiger partial charge is 0.242 e. The summed E-state index contributed by atoms with van der Waals surface area (Å²) >= 11 is 0. The summed E-state index contributed by atoms with van der Waals surface area (Å²) < 4.78 is 2.06. The number of likely N-dealkylation sites (tertiary alicyclic amines) is 1. The number of benzene rings is 1. The molecule has 1 fully saturated rings. The van der Waals surface area contributed by atoms with Gasteiger partial charge in [-0.2, -0.15) is 5.10 Å². The SMILES string of the molecule is Cc1n[nH]c(C)c1CNC(=O)[C@]1(C)CCCN(C(=O)Cn2c(C)cc3ccccc32)C1. The zero-order valence-electron chi connectivity index (χ0n) is 18.8. The summed E-state index contributed by atoms with van der Waals surface area (Å²) in [5, 5.41) is 11.4. The maximum Gasteiger partial charge on any atom is 0.242 e. The molecule has 0 saturated carbocycles. The number of hydrogen-bond donors (Lipinski definition) is 2. The molecule has 3 heterocycles. The van der Waals surface area contributed by atoms with E-state index in [0.29, 0.717) is 26.2 Å². The van der Waals surface area contributed by atoms with Crippen LogP contribution < -0.4 is 5.32 Å². The van der Waals surface area contributed by atoms with Gasteiger partial charge in [-0.1, -0.05) is 18.2 Å². The summed E-state index contributed by atoms with van der Waals surface area (Å²) in [4.78, 5) is 28.1. The second kappa shape index (κ2) is 8.21. The summed E-state index contributed by atoms with van der Waals surface area (Å²) in [5.74, 6) is 0.0531. The highest BCUT2D eigenvalue weighted by Gasteiger charge is 2.39. The molecular formula is C24H31N5O2. The normalized spacial score (nSPS) is 19.0. The van der Waals surface area contributed by atoms with E-state index in [1.807, 2.05) is 50.8 Å². The van der Waals surface area contributed by atoms with E-state index < -0.39 is 5.41 Å². The maximum atomic E-state index is 13.2. The van der Waals surface area contributed by atoms with E-state index in [1.54, 1.807) is 0 Å². The van der Waals surface area contributed by atoms with E-state index in [0.717, 1.165) is 46.4 Å². The van der Waals surface area contributed by atoms with Crippen molar-refractivity contribution < 1.29 is 9.59 Å². The molecule has 1 saturated heterocycles. The second-order valence-corrected chi connectivity index (χ2v) is 9.01. The third-order valence-electron chi connectivity index (χ3n) is 6.61. The van der Waals surface area contributed by atoms with Gasteiger partial charge in [-0.25, -0.2) is 0 Å². The Morgan fingerprint density at radius 2 is 2.00 bits per heavy atom. The first-order valence-electron chi connectivity index (χ1n) is 10.9. The predicted molar refractivity (Wildman–Crippen MR) is 121 cm³/mol. The van der Waals surface area contributed by atoms with E-state index in [-0.39, 0.29) is 11.8 Å². The number of amides is 2. The monoisotopic (exact) mass is 421 g/mol. The molecule has 2 aromatic heterocycles. The van der Waals surface area contributed by atoms with Crippen molar-refractivity contribution in [3.05, 3.63) is 53.0 Å². The molecule has 3 aromatic rings. The van der Waals surface area contributed by atoms with E-state index in [2.05, 4.69) is 32.2 Å². The molecule has 1 aromatic carbocycles. The molecule has 7 nitrogen and oxygen atoms in total. The largest absolute Gasteiger partial charge is 0.351 e. The van der Waals surface area contributed by atoms with Crippen LogP contribution >= 0.6 is 0 Å². The van der Waals surface area contributed by atoms with E-state index in [4.69, 9.17) is 0 Å². The van der Waals surface area contributed by atoms with Crippen LogP contribution in [0.1, 0.15) is 42.4 Å². The number of H-pyrrole nitrogens is 1. The lowest BCUT2D eigenvalue weighted by atomic mass is 9.81. The van der Waals surface area contributed by atoms with Crippen molar-refractivity contribution in [3.8, 4) is 0 Å². The summed E-state index contributed by atoms with van der Waals surface area (Å²) in [6, 6.07) is 10.2. The number of hydrogen-bond acceptors (Lipinski definition) is 3. The van der Waals surface area contributed by atoms with Crippen LogP contribution in [0.5, 0.6) is 0 Å². The summed E-state index contributed by atoms with van der Waals surface area (Å²) in [6.45, 7) is 9.76. The highest BCUT2D eigenvalue weighted by atomic mass is 16.2. The molecule has 0 spiro atoms. The van der Waals surface area contributed by atoms with Crippen molar-refractivity contribution in [2.24, 2.45) is 5.41 Å². The van der Waals surface area contributed by atoms with Crippen molar-refractivity contribution in [2.45, 2.75) is 53.6 Å². The summed E-state index contributed by atoms with van der Waals surface area (Å²) in [6.07, 6.45) is 1.60. The van der Waals surface area contributed by atoms with Gasteiger partial charge in [-0.15, -0.1) is 0 Å². The Morgan fingerprint density at radius 3 is 2.74 bits per heavy atom. The van der Waals surface area contributed by atoms with Crippen molar-refractivity contribution in [2.75, 3.05) is 13.1 Å². The molecule has 2 amide bonds. The molecule has 1 aliphatic heterocycles. The number of nitrogens with zero attached hydrogens (tertiary/aromatic N) is 3. The lowest BCUT2D eigenvalue weighted by Gasteiger charge is -2.39. The quantitative estimate of drug-likeness (QED) is 0.663. The van der Waals surface area contributed by atoms with Crippen LogP contribution in [0.15, 0.2) is 30.3 Å². The molecular weight excluding hydrogens is 390 g/mol. The van der Waals surface area contributed by atoms with Crippen molar-refractivity contribution in [3.63, 3.8) is 0 Å². The molecule has 0 bridgehead atoms. The topological polar surface area (TPSA) is 83.0 Å². The van der Waals surface area contributed by atoms with Crippen LogP contribution in [0.3, 0.4) is 0 Å². The number of aryl methyl sites for hydroxylation is 3. The fourth-order valence-corrected chi connectivity index (χ4v) is 4.65. The third kappa shape index (κ3) is 4.09. The van der Waals surface area contributed by atoms with Gasteiger partial charge in [0.1, 0.15) is 6.54 Å². The van der Waals surface area contributed by atoms with E-state index in [9.17, 15) is 9.59 Å². The number of piperidine rings is 1. The Balaban J connectivity index is 1.43. The summed E-state index contributed by atoms with van der Waals surface area (Å²) in [5.41, 5.74) is 4.44. The maximum absolute atomic E-state index is 13.2. The number of carbonyl (C=O) groups is 2. The third-order valence-corrected chi connectivity index (χ3v) is 6.61. The van der Waals surface area contributed by atoms with Crippen molar-refractivity contribution in [1.82, 2.24) is 25.0 Å². The minimum Gasteiger partial charge on any atom is -0.351 e. The number of carbonyl (C=O) groups excluding carboxylic acids is 2. The van der Waals surface area contributed by atoms with Crippen LogP contribution in [0, 0.1) is 26.2 Å². The van der Waals surface area contributed by atoms with Gasteiger partial charge in [-0.3, -0.25) is 14.7 Å². The second-order valence-electron chi connectivity index (χ2n) is 9.01. The molecule has 1 atom stereocenters. The number of aromatic nitrogens is 3. The summed E-state index contributed by atoms with van der Waals surface area (Å²) in [7, 11) is 0. The van der Waals surface area contributed by atoms with E-state index in [1.165, 1.54) is 0 Å². The minimum absolute atomic E-state index is 0.00686. The number of aromatic amines is 1. The first-order chi connectivity index (χ1) is 14.8. The molecule has 1 aliphatic rings. The van der Waals surface area contributed by atoms with Gasteiger partial charge in [0.25, 0.3) is 0 Å². The fraction of sp³-hybridized carbons (Fsp3) is 0.458. The molecule has 2 N–H and O–H groups in total. The predicted octanol–water partition coefficient (Wildman–Crippen LogP) is 3.23. The lowest BCUT2D eigenvalue weighted by molar-refractivity contribution is -0.141. The van der Waals surface area contributed by atoms with Crippen molar-refractivity contribution in [1.29, 1.82) is 0 Å². The zero-order chi connectivity index (χ0) is 22.2. The molecule has 0 aliphatic carbocycles. The number of para-hydroxylation sites is 1. The average Bonchev–Trinajstić information content (AvgIpc) is 3.24. The molecule has 4 rings (SSSR count). The van der Waals surface area contributed by atoms with E-state index >= 15 is 0 Å². The standard InChI is InChI=1S/C24H31N5O2/c1-16-12-19-8-5-6-9-21(19)29(16)14-22(30)28-11-7-10-24(4,15-28)23(31)25-13-20-17(2)26-27-18(20)3/h5-6,8-9,12H,7,10-11,13-15H2,1-4H3,(H,25,31)(H,26,27)/t24-/m1/s1. The molecule has 31 heavy (non-hydrogen) atoms. The molecule has 7 heteroatoms. The number of rotatable bonds is 5. The van der Waals surface area contributed by atoms with Crippen LogP contribution in [-0.2, 0) is 22.7 Å². The first-order valence-corrected chi connectivity index (χ1v) is 10.9. The fourth-order valence-electron chi connectivity index (χ4n) is 4.65. The Kier molecular flexibility index (Phi) is 5.60. The molecule has 164 valence electrons. The minimum atomic E-state index is -0.590. The van der Waals surface area contributed by atoms with Gasteiger partial charge in [0.05, 0.1) is 11.1 Å². The Morgan fingerprint density at radius 1 is 1.23 bits per heavy atom. The molecule has 0 radical (unpaired) electrons. The Bertz CT molecular complexity index is 1110. The van der Waals surface area contributed by atoms with Gasteiger partial charge < -0.3 is 14.8 Å². The van der Waals surface area contributed by atoms with Crippen LogP contribution in [0.2, 0.25) is 0 Å². The highest BCUT2D eigenvalue weighted by Crippen LogP contribution is 2.30. The van der Waals surface area contributed by atoms with Gasteiger partial charge in [0.2, 0.25) is 11.8 Å². The first kappa shape index (κ1) is 21.2. The molecule has 0 unspecified atom stereocenters. The van der Waals surface area contributed by atoms with Gasteiger partial charge in [0.15, 0.2) is 0 Å². The van der Waals surface area contributed by atoms with Gasteiger partial charge in [0, 0.05) is 42.1 Å². The Hall–Kier alpha value is -3.09. The Labute approximate surface area is 182 Å². The number of nitrogens with one attached hydrogen (secondary N) is 2. The van der Waals surface area contributed by atoms with Crippen LogP contribution in [0.25, 0.3) is 10.9 Å². The lowest BCUT2D eigenvalue weighted by Crippen LogP contribution is -2.52. The number of fused-ring (bicyclic) bond motifs is 1. The van der Waals surface area contributed by atoms with Crippen LogP contribution in [-0.4, -0.2) is 44.6 Å². The van der Waals surface area contributed by atoms with Gasteiger partial charge >= 0.3 is 0 Å². The van der Waals surface area contributed by atoms with Crippen LogP contribution in [0.4, 0.5) is 0 Å². The van der Waals surface area contributed by atoms with Gasteiger partial charge in [-0.05, 0) is 58.1 Å². The zero-order valence-corrected chi connectivity index (χ0v) is 18.8. The highest BCUT2D eigenvalue weighted by molar-refractivity contribution is 5.86. The average molecular weight is 422 g/mol.